The molecule has 1 fully saturated rings. The van der Waals surface area contributed by atoms with Gasteiger partial charge in [0.1, 0.15) is 0 Å². The highest BCUT2D eigenvalue weighted by molar-refractivity contribution is 5.38. The topological polar surface area (TPSA) is 58.5 Å². The van der Waals surface area contributed by atoms with Crippen LogP contribution in [0.1, 0.15) is 18.5 Å². The Hall–Kier alpha value is -1.20. The van der Waals surface area contributed by atoms with Gasteiger partial charge in [-0.3, -0.25) is 0 Å². The van der Waals surface area contributed by atoms with Crippen molar-refractivity contribution >= 4 is 5.82 Å². The molecule has 0 saturated carbocycles. The lowest BCUT2D eigenvalue weighted by Gasteiger charge is -2.38. The van der Waals surface area contributed by atoms with Crippen LogP contribution in [0.25, 0.3) is 0 Å². The molecule has 1 saturated heterocycles. The fraction of sp³-hybridized carbons (Fsp3) is 0.692. The second-order valence-electron chi connectivity index (χ2n) is 4.81. The van der Waals surface area contributed by atoms with Crippen LogP contribution in [0.15, 0.2) is 12.1 Å². The number of hydrogen-bond acceptors (Lipinski definition) is 5. The van der Waals surface area contributed by atoms with Gasteiger partial charge in [-0.05, 0) is 37.8 Å². The third-order valence-corrected chi connectivity index (χ3v) is 3.61. The Kier molecular flexibility index (Phi) is 4.49. The van der Waals surface area contributed by atoms with Gasteiger partial charge in [-0.25, -0.2) is 0 Å². The Morgan fingerprint density at radius 3 is 2.89 bits per heavy atom. The molecule has 1 aromatic rings. The summed E-state index contributed by atoms with van der Waals surface area (Å²) in [5.41, 5.74) is 0.928. The van der Waals surface area contributed by atoms with Crippen LogP contribution in [-0.4, -0.2) is 48.2 Å². The first-order valence-corrected chi connectivity index (χ1v) is 6.43. The number of hydrogen-bond donors (Lipinski definition) is 1. The van der Waals surface area contributed by atoms with E-state index in [2.05, 4.69) is 15.1 Å². The van der Waals surface area contributed by atoms with E-state index in [4.69, 9.17) is 9.84 Å². The van der Waals surface area contributed by atoms with E-state index in [0.29, 0.717) is 5.92 Å². The normalized spacial score (nSPS) is 24.3. The van der Waals surface area contributed by atoms with E-state index in [1.54, 1.807) is 7.11 Å². The summed E-state index contributed by atoms with van der Waals surface area (Å²) in [5, 5.41) is 17.4. The number of nitrogens with zero attached hydrogens (tertiary/aromatic N) is 3. The van der Waals surface area contributed by atoms with E-state index < -0.39 is 0 Å². The molecule has 1 aliphatic heterocycles. The van der Waals surface area contributed by atoms with Gasteiger partial charge in [0.2, 0.25) is 0 Å². The first-order chi connectivity index (χ1) is 8.74. The summed E-state index contributed by atoms with van der Waals surface area (Å²) < 4.78 is 5.53. The van der Waals surface area contributed by atoms with Crippen LogP contribution in [0.2, 0.25) is 0 Å². The predicted octanol–water partition coefficient (Wildman–Crippen LogP) is 1.01. The van der Waals surface area contributed by atoms with Gasteiger partial charge in [-0.15, -0.1) is 5.10 Å². The van der Waals surface area contributed by atoms with Crippen molar-refractivity contribution in [3.8, 4) is 0 Å². The quantitative estimate of drug-likeness (QED) is 0.865. The van der Waals surface area contributed by atoms with Crippen molar-refractivity contribution < 1.29 is 9.84 Å². The van der Waals surface area contributed by atoms with Gasteiger partial charge < -0.3 is 14.7 Å². The van der Waals surface area contributed by atoms with Crippen molar-refractivity contribution in [2.24, 2.45) is 5.92 Å². The fourth-order valence-electron chi connectivity index (χ4n) is 2.50. The largest absolute Gasteiger partial charge is 0.396 e. The van der Waals surface area contributed by atoms with Crippen LogP contribution in [0, 0.1) is 12.8 Å². The zero-order valence-electron chi connectivity index (χ0n) is 11.0. The maximum absolute atomic E-state index is 9.05. The number of rotatable bonds is 4. The molecule has 18 heavy (non-hydrogen) atoms. The summed E-state index contributed by atoms with van der Waals surface area (Å²) >= 11 is 0. The SMILES string of the molecule is CO[C@H]1CN(c2ccc(C)nn2)CC[C@H]1CCO. The van der Waals surface area contributed by atoms with Crippen LogP contribution in [0.4, 0.5) is 5.82 Å². The van der Waals surface area contributed by atoms with Gasteiger partial charge in [0.05, 0.1) is 11.8 Å². The minimum absolute atomic E-state index is 0.161. The summed E-state index contributed by atoms with van der Waals surface area (Å²) in [6.07, 6.45) is 1.99. The number of methoxy groups -OCH3 is 1. The second-order valence-corrected chi connectivity index (χ2v) is 4.81. The number of piperidine rings is 1. The molecule has 0 radical (unpaired) electrons. The highest BCUT2D eigenvalue weighted by Gasteiger charge is 2.29. The Labute approximate surface area is 108 Å². The maximum Gasteiger partial charge on any atom is 0.151 e. The number of aliphatic hydroxyl groups is 1. The van der Waals surface area contributed by atoms with Crippen LogP contribution < -0.4 is 4.90 Å². The van der Waals surface area contributed by atoms with Crippen molar-refractivity contribution in [1.29, 1.82) is 0 Å². The molecule has 100 valence electrons. The average molecular weight is 251 g/mol. The molecule has 5 nitrogen and oxygen atoms in total. The molecule has 2 heterocycles. The highest BCUT2D eigenvalue weighted by atomic mass is 16.5. The van der Waals surface area contributed by atoms with Crippen LogP contribution >= 0.6 is 0 Å². The second kappa shape index (κ2) is 6.11. The molecule has 2 atom stereocenters. The Morgan fingerprint density at radius 2 is 2.28 bits per heavy atom. The van der Waals surface area contributed by atoms with Crippen molar-refractivity contribution in [2.45, 2.75) is 25.9 Å². The average Bonchev–Trinajstić information content (AvgIpc) is 2.40. The number of anilines is 1. The molecule has 5 heteroatoms. The van der Waals surface area contributed by atoms with Crippen molar-refractivity contribution in [1.82, 2.24) is 10.2 Å². The van der Waals surface area contributed by atoms with Gasteiger partial charge in [-0.2, -0.15) is 5.10 Å². The third-order valence-electron chi connectivity index (χ3n) is 3.61. The lowest BCUT2D eigenvalue weighted by atomic mass is 9.91. The Bertz CT molecular complexity index is 369. The standard InChI is InChI=1S/C13H21N3O2/c1-10-3-4-13(15-14-10)16-7-5-11(6-8-17)12(9-16)18-2/h3-4,11-12,17H,5-9H2,1-2H3/t11-,12-/m0/s1. The first-order valence-electron chi connectivity index (χ1n) is 6.43. The lowest BCUT2D eigenvalue weighted by Crippen LogP contribution is -2.45. The molecule has 0 aromatic carbocycles. The molecule has 0 spiro atoms. The van der Waals surface area contributed by atoms with E-state index >= 15 is 0 Å². The molecule has 0 amide bonds. The molecule has 2 rings (SSSR count). The van der Waals surface area contributed by atoms with Crippen LogP contribution in [0.3, 0.4) is 0 Å². The zero-order chi connectivity index (χ0) is 13.0. The molecule has 1 aliphatic rings. The molecule has 0 aliphatic carbocycles. The monoisotopic (exact) mass is 251 g/mol. The lowest BCUT2D eigenvalue weighted by molar-refractivity contribution is 0.0317. The summed E-state index contributed by atoms with van der Waals surface area (Å²) in [7, 11) is 1.74. The summed E-state index contributed by atoms with van der Waals surface area (Å²) in [4.78, 5) is 2.20. The van der Waals surface area contributed by atoms with Gasteiger partial charge in [-0.1, -0.05) is 0 Å². The van der Waals surface area contributed by atoms with Gasteiger partial charge in [0.25, 0.3) is 0 Å². The van der Waals surface area contributed by atoms with Crippen LogP contribution in [-0.2, 0) is 4.74 Å². The molecular formula is C13H21N3O2. The smallest absolute Gasteiger partial charge is 0.151 e. The Balaban J connectivity index is 2.02. The summed E-state index contributed by atoms with van der Waals surface area (Å²) in [6.45, 7) is 3.93. The van der Waals surface area contributed by atoms with Crippen LogP contribution in [0.5, 0.6) is 0 Å². The fourth-order valence-corrected chi connectivity index (χ4v) is 2.50. The van der Waals surface area contributed by atoms with Crippen molar-refractivity contribution in [2.75, 3.05) is 31.7 Å². The molecule has 1 N–H and O–H groups in total. The van der Waals surface area contributed by atoms with Crippen molar-refractivity contribution in [3.63, 3.8) is 0 Å². The van der Waals surface area contributed by atoms with Gasteiger partial charge >= 0.3 is 0 Å². The number of ether oxygens (including phenoxy) is 1. The van der Waals surface area contributed by atoms with Crippen molar-refractivity contribution in [3.05, 3.63) is 17.8 Å². The van der Waals surface area contributed by atoms with Gasteiger partial charge in [0, 0.05) is 26.8 Å². The van der Waals surface area contributed by atoms with E-state index in [1.165, 1.54) is 0 Å². The van der Waals surface area contributed by atoms with E-state index in [1.807, 2.05) is 19.1 Å². The van der Waals surface area contributed by atoms with E-state index in [9.17, 15) is 0 Å². The molecule has 0 unspecified atom stereocenters. The zero-order valence-corrected chi connectivity index (χ0v) is 11.0. The molecular weight excluding hydrogens is 230 g/mol. The molecule has 0 bridgehead atoms. The minimum Gasteiger partial charge on any atom is -0.396 e. The number of aryl methyl sites for hydroxylation is 1. The third kappa shape index (κ3) is 2.97. The predicted molar refractivity (Wildman–Crippen MR) is 69.6 cm³/mol. The minimum atomic E-state index is 0.161. The first kappa shape index (κ1) is 13.2. The maximum atomic E-state index is 9.05. The van der Waals surface area contributed by atoms with E-state index in [0.717, 1.165) is 37.4 Å². The van der Waals surface area contributed by atoms with Gasteiger partial charge in [0.15, 0.2) is 5.82 Å². The van der Waals surface area contributed by atoms with E-state index in [-0.39, 0.29) is 12.7 Å². The summed E-state index contributed by atoms with van der Waals surface area (Å²) in [5.74, 6) is 1.35. The summed E-state index contributed by atoms with van der Waals surface area (Å²) in [6, 6.07) is 3.98. The number of aliphatic hydroxyl groups excluding tert-OH is 1. The highest BCUT2D eigenvalue weighted by Crippen LogP contribution is 2.25. The molecule has 1 aromatic heterocycles. The number of aromatic nitrogens is 2. The Morgan fingerprint density at radius 1 is 1.44 bits per heavy atom.